The third-order valence-corrected chi connectivity index (χ3v) is 4.36. The van der Waals surface area contributed by atoms with Gasteiger partial charge in [0.1, 0.15) is 9.85 Å². The van der Waals surface area contributed by atoms with Gasteiger partial charge in [-0.3, -0.25) is 9.69 Å². The smallest absolute Gasteiger partial charge is 0.358 e. The molecule has 1 fully saturated rings. The summed E-state index contributed by atoms with van der Waals surface area (Å²) in [5.41, 5.74) is -0.442. The van der Waals surface area contributed by atoms with E-state index in [2.05, 4.69) is 25.9 Å². The maximum absolute atomic E-state index is 11.8. The normalized spacial score (nSPS) is 19.4. The molecule has 0 saturated carbocycles. The highest BCUT2D eigenvalue weighted by Crippen LogP contribution is 2.25. The van der Waals surface area contributed by atoms with E-state index in [9.17, 15) is 18.0 Å². The molecule has 1 atom stereocenters. The predicted molar refractivity (Wildman–Crippen MR) is 70.6 cm³/mol. The van der Waals surface area contributed by atoms with E-state index < -0.39 is 32.8 Å². The van der Waals surface area contributed by atoms with Crippen molar-refractivity contribution >= 4 is 43.6 Å². The van der Waals surface area contributed by atoms with Crippen molar-refractivity contribution in [2.24, 2.45) is 5.14 Å². The SMILES string of the molecule is NS(=O)(=O)C1CC(=O)N(c2ncc(Br)nc2C(=O)O)C1. The van der Waals surface area contributed by atoms with Crippen molar-refractivity contribution in [3.05, 3.63) is 16.5 Å². The van der Waals surface area contributed by atoms with E-state index in [-0.39, 0.29) is 23.4 Å². The minimum atomic E-state index is -3.89. The number of carboxylic acids is 1. The van der Waals surface area contributed by atoms with Crippen LogP contribution in [0, 0.1) is 0 Å². The van der Waals surface area contributed by atoms with Gasteiger partial charge < -0.3 is 5.11 Å². The predicted octanol–water partition coefficient (Wildman–Crippen LogP) is -0.669. The van der Waals surface area contributed by atoms with Crippen molar-refractivity contribution in [2.75, 3.05) is 11.4 Å². The van der Waals surface area contributed by atoms with E-state index in [1.54, 1.807) is 0 Å². The van der Waals surface area contributed by atoms with Gasteiger partial charge in [-0.2, -0.15) is 0 Å². The molecule has 0 aromatic carbocycles. The zero-order valence-corrected chi connectivity index (χ0v) is 12.3. The van der Waals surface area contributed by atoms with Crippen molar-refractivity contribution in [1.29, 1.82) is 0 Å². The molecule has 108 valence electrons. The second-order valence-corrected chi connectivity index (χ2v) is 6.75. The Bertz CT molecular complexity index is 692. The number of carbonyl (C=O) groups excluding carboxylic acids is 1. The molecule has 11 heteroatoms. The van der Waals surface area contributed by atoms with Crippen molar-refractivity contribution in [2.45, 2.75) is 11.7 Å². The van der Waals surface area contributed by atoms with Gasteiger partial charge in [0.15, 0.2) is 11.5 Å². The molecule has 2 rings (SSSR count). The lowest BCUT2D eigenvalue weighted by Crippen LogP contribution is -2.33. The number of carboxylic acid groups (broad SMARTS) is 1. The number of rotatable bonds is 3. The van der Waals surface area contributed by atoms with Crippen LogP contribution in [0.1, 0.15) is 16.9 Å². The average Bonchev–Trinajstić information content (AvgIpc) is 2.71. The number of anilines is 1. The minimum absolute atomic E-state index is 0.188. The van der Waals surface area contributed by atoms with Crippen LogP contribution in [0.4, 0.5) is 5.82 Å². The van der Waals surface area contributed by atoms with Crippen molar-refractivity contribution < 1.29 is 23.1 Å². The van der Waals surface area contributed by atoms with Gasteiger partial charge in [0.25, 0.3) is 0 Å². The number of nitrogens with two attached hydrogens (primary N) is 1. The largest absolute Gasteiger partial charge is 0.476 e. The summed E-state index contributed by atoms with van der Waals surface area (Å²) < 4.78 is 22.7. The number of aromatic nitrogens is 2. The Morgan fingerprint density at radius 3 is 2.70 bits per heavy atom. The lowest BCUT2D eigenvalue weighted by Gasteiger charge is -2.16. The summed E-state index contributed by atoms with van der Waals surface area (Å²) in [5, 5.41) is 13.0. The highest BCUT2D eigenvalue weighted by Gasteiger charge is 2.39. The summed E-state index contributed by atoms with van der Waals surface area (Å²) in [6.45, 7) is -0.242. The number of halogens is 1. The van der Waals surface area contributed by atoms with Crippen LogP contribution >= 0.6 is 15.9 Å². The lowest BCUT2D eigenvalue weighted by molar-refractivity contribution is -0.117. The summed E-state index contributed by atoms with van der Waals surface area (Å²) in [6.07, 6.45) is 0.912. The van der Waals surface area contributed by atoms with Crippen LogP contribution in [-0.4, -0.2) is 47.2 Å². The van der Waals surface area contributed by atoms with Gasteiger partial charge in [-0.15, -0.1) is 0 Å². The lowest BCUT2D eigenvalue weighted by atomic mass is 10.3. The Kier molecular flexibility index (Phi) is 3.75. The standard InChI is InChI=1S/C9H9BrN4O5S/c10-5-2-12-8(7(13-5)9(16)17)14-3-4(1-6(14)15)20(11,18)19/h2,4H,1,3H2,(H,16,17)(H2,11,18,19). The van der Waals surface area contributed by atoms with Gasteiger partial charge >= 0.3 is 5.97 Å². The van der Waals surface area contributed by atoms with E-state index in [4.69, 9.17) is 10.2 Å². The molecule has 1 amide bonds. The highest BCUT2D eigenvalue weighted by molar-refractivity contribution is 9.10. The number of hydrogen-bond donors (Lipinski definition) is 2. The first-order valence-corrected chi connectivity index (χ1v) is 7.68. The fourth-order valence-corrected chi connectivity index (χ4v) is 2.81. The van der Waals surface area contributed by atoms with Crippen LogP contribution in [0.5, 0.6) is 0 Å². The third kappa shape index (κ3) is 2.78. The number of carbonyl (C=O) groups is 2. The van der Waals surface area contributed by atoms with Crippen LogP contribution in [0.25, 0.3) is 0 Å². The van der Waals surface area contributed by atoms with Gasteiger partial charge in [0.2, 0.25) is 15.9 Å². The first-order chi connectivity index (χ1) is 9.20. The fourth-order valence-electron chi connectivity index (χ4n) is 1.80. The molecule has 20 heavy (non-hydrogen) atoms. The molecular weight excluding hydrogens is 356 g/mol. The molecular formula is C9H9BrN4O5S. The van der Waals surface area contributed by atoms with E-state index >= 15 is 0 Å². The van der Waals surface area contributed by atoms with E-state index in [1.807, 2.05) is 0 Å². The third-order valence-electron chi connectivity index (χ3n) is 2.74. The van der Waals surface area contributed by atoms with Gasteiger partial charge in [-0.05, 0) is 15.9 Å². The molecule has 0 aliphatic carbocycles. The zero-order chi connectivity index (χ0) is 15.1. The van der Waals surface area contributed by atoms with Crippen LogP contribution < -0.4 is 10.0 Å². The average molecular weight is 365 g/mol. The Balaban J connectivity index is 2.43. The molecule has 0 radical (unpaired) electrons. The minimum Gasteiger partial charge on any atom is -0.476 e. The van der Waals surface area contributed by atoms with Gasteiger partial charge in [-0.1, -0.05) is 0 Å². The Morgan fingerprint density at radius 1 is 1.55 bits per heavy atom. The van der Waals surface area contributed by atoms with Crippen LogP contribution in [0.15, 0.2) is 10.8 Å². The number of sulfonamides is 1. The Morgan fingerprint density at radius 2 is 2.20 bits per heavy atom. The number of primary sulfonamides is 1. The van der Waals surface area contributed by atoms with Gasteiger partial charge in [-0.25, -0.2) is 28.3 Å². The molecule has 1 aromatic heterocycles. The van der Waals surface area contributed by atoms with Crippen molar-refractivity contribution in [3.63, 3.8) is 0 Å². The Hall–Kier alpha value is -1.59. The fraction of sp³-hybridized carbons (Fsp3) is 0.333. The summed E-state index contributed by atoms with van der Waals surface area (Å²) in [7, 11) is -3.89. The summed E-state index contributed by atoms with van der Waals surface area (Å²) in [6, 6.07) is 0. The second kappa shape index (κ2) is 5.07. The first-order valence-electron chi connectivity index (χ1n) is 5.28. The number of aromatic carboxylic acids is 1. The van der Waals surface area contributed by atoms with Gasteiger partial charge in [0, 0.05) is 13.0 Å². The summed E-state index contributed by atoms with van der Waals surface area (Å²) >= 11 is 2.98. The first kappa shape index (κ1) is 14.8. The van der Waals surface area contributed by atoms with Crippen molar-refractivity contribution in [3.8, 4) is 0 Å². The van der Waals surface area contributed by atoms with Gasteiger partial charge in [0.05, 0.1) is 6.20 Å². The maximum Gasteiger partial charge on any atom is 0.358 e. The number of nitrogens with zero attached hydrogens (tertiary/aromatic N) is 3. The molecule has 3 N–H and O–H groups in total. The monoisotopic (exact) mass is 364 g/mol. The molecule has 1 saturated heterocycles. The molecule has 2 heterocycles. The quantitative estimate of drug-likeness (QED) is 0.723. The maximum atomic E-state index is 11.8. The molecule has 1 aliphatic heterocycles. The topological polar surface area (TPSA) is 144 Å². The molecule has 9 nitrogen and oxygen atoms in total. The summed E-state index contributed by atoms with van der Waals surface area (Å²) in [5.74, 6) is -2.14. The van der Waals surface area contributed by atoms with Crippen molar-refractivity contribution in [1.82, 2.24) is 9.97 Å². The number of amides is 1. The van der Waals surface area contributed by atoms with E-state index in [0.717, 1.165) is 4.90 Å². The summed E-state index contributed by atoms with van der Waals surface area (Å²) in [4.78, 5) is 31.5. The Labute approximate surface area is 122 Å². The molecule has 0 spiro atoms. The van der Waals surface area contributed by atoms with Crippen LogP contribution in [-0.2, 0) is 14.8 Å². The van der Waals surface area contributed by atoms with Crippen LogP contribution in [0.2, 0.25) is 0 Å². The molecule has 1 aliphatic rings. The molecule has 0 bridgehead atoms. The highest BCUT2D eigenvalue weighted by atomic mass is 79.9. The molecule has 1 unspecified atom stereocenters. The molecule has 1 aromatic rings. The van der Waals surface area contributed by atoms with Crippen LogP contribution in [0.3, 0.4) is 0 Å². The van der Waals surface area contributed by atoms with E-state index in [1.165, 1.54) is 6.20 Å². The second-order valence-electron chi connectivity index (χ2n) is 4.09. The van der Waals surface area contributed by atoms with E-state index in [0.29, 0.717) is 0 Å². The zero-order valence-electron chi connectivity index (χ0n) is 9.85. The number of hydrogen-bond acceptors (Lipinski definition) is 6.